The number of fused-ring (bicyclic) bond motifs is 1. The summed E-state index contributed by atoms with van der Waals surface area (Å²) in [6.45, 7) is 1.38. The number of anilines is 2. The van der Waals surface area contributed by atoms with Gasteiger partial charge in [0.15, 0.2) is 0 Å². The number of nitrogens with zero attached hydrogens (tertiary/aromatic N) is 5. The number of aryl methyl sites for hydroxylation is 1. The Morgan fingerprint density at radius 1 is 1.21 bits per heavy atom. The van der Waals surface area contributed by atoms with Crippen molar-refractivity contribution in [2.24, 2.45) is 7.05 Å². The third kappa shape index (κ3) is 3.13. The van der Waals surface area contributed by atoms with Crippen LogP contribution in [0.3, 0.4) is 0 Å². The van der Waals surface area contributed by atoms with E-state index in [1.54, 1.807) is 17.7 Å². The first-order valence-corrected chi connectivity index (χ1v) is 9.23. The van der Waals surface area contributed by atoms with Gasteiger partial charge in [0.1, 0.15) is 35.0 Å². The summed E-state index contributed by atoms with van der Waals surface area (Å²) in [5, 5.41) is 19.1. The van der Waals surface area contributed by atoms with Crippen LogP contribution in [0.15, 0.2) is 36.5 Å². The quantitative estimate of drug-likeness (QED) is 0.744. The monoisotopic (exact) mass is 384 g/mol. The molecule has 0 amide bonds. The minimum Gasteiger partial charge on any atom is -0.497 e. The first-order chi connectivity index (χ1) is 14.0. The van der Waals surface area contributed by atoms with Gasteiger partial charge in [-0.15, -0.1) is 0 Å². The minimum absolute atomic E-state index is 0.235. The Bertz CT molecular complexity index is 1180. The van der Waals surface area contributed by atoms with Crippen molar-refractivity contribution in [3.8, 4) is 29.0 Å². The van der Waals surface area contributed by atoms with E-state index in [0.717, 1.165) is 40.4 Å². The Labute approximate surface area is 169 Å². The molecule has 1 aromatic carbocycles. The van der Waals surface area contributed by atoms with Crippen LogP contribution in [0.1, 0.15) is 22.5 Å². The lowest BCUT2D eigenvalue weighted by molar-refractivity contribution is 0.414. The van der Waals surface area contributed by atoms with Crippen LogP contribution in [-0.2, 0) is 20.0 Å². The highest BCUT2D eigenvalue weighted by molar-refractivity contribution is 5.80. The van der Waals surface area contributed by atoms with Gasteiger partial charge in [-0.1, -0.05) is 6.07 Å². The molecule has 29 heavy (non-hydrogen) atoms. The molecule has 2 aromatic heterocycles. The van der Waals surface area contributed by atoms with E-state index in [0.29, 0.717) is 24.2 Å². The summed E-state index contributed by atoms with van der Waals surface area (Å²) in [5.41, 5.74) is 11.5. The van der Waals surface area contributed by atoms with E-state index in [1.807, 2.05) is 37.5 Å². The largest absolute Gasteiger partial charge is 0.497 e. The van der Waals surface area contributed by atoms with E-state index < -0.39 is 0 Å². The first kappa shape index (κ1) is 18.4. The maximum Gasteiger partial charge on any atom is 0.142 e. The van der Waals surface area contributed by atoms with Crippen molar-refractivity contribution in [2.45, 2.75) is 13.0 Å². The molecular weight excluding hydrogens is 364 g/mol. The predicted molar refractivity (Wildman–Crippen MR) is 110 cm³/mol. The standard InChI is InChI=1S/C22H20N6O/c1-27-12-14(8-16(27)10-23)21-18(11-24)22(25)26-20-6-7-28(13-19(20)21)15-4-3-5-17(9-15)29-2/h3-5,8-9,12H,6-7,13H2,1-2H3,(H2,25,26). The molecule has 0 radical (unpaired) electrons. The Morgan fingerprint density at radius 2 is 2.03 bits per heavy atom. The van der Waals surface area contributed by atoms with Crippen molar-refractivity contribution in [1.29, 1.82) is 10.5 Å². The van der Waals surface area contributed by atoms with E-state index in [9.17, 15) is 10.5 Å². The highest BCUT2D eigenvalue weighted by Crippen LogP contribution is 2.37. The van der Waals surface area contributed by atoms with E-state index in [2.05, 4.69) is 22.0 Å². The van der Waals surface area contributed by atoms with Crippen LogP contribution in [0.5, 0.6) is 5.75 Å². The fourth-order valence-electron chi connectivity index (χ4n) is 3.85. The molecule has 3 aromatic rings. The smallest absolute Gasteiger partial charge is 0.142 e. The van der Waals surface area contributed by atoms with E-state index in [4.69, 9.17) is 10.5 Å². The third-order valence-electron chi connectivity index (χ3n) is 5.32. The number of nitrogen functional groups attached to an aromatic ring is 1. The van der Waals surface area contributed by atoms with Gasteiger partial charge in [0, 0.05) is 61.2 Å². The van der Waals surface area contributed by atoms with E-state index in [-0.39, 0.29) is 5.82 Å². The number of hydrogen-bond donors (Lipinski definition) is 1. The van der Waals surface area contributed by atoms with Gasteiger partial charge in [0.25, 0.3) is 0 Å². The number of methoxy groups -OCH3 is 1. The first-order valence-electron chi connectivity index (χ1n) is 9.23. The Kier molecular flexibility index (Phi) is 4.58. The van der Waals surface area contributed by atoms with Crippen LogP contribution < -0.4 is 15.4 Å². The number of nitrogens with two attached hydrogens (primary N) is 1. The predicted octanol–water partition coefficient (Wildman–Crippen LogP) is 2.98. The van der Waals surface area contributed by atoms with Gasteiger partial charge in [-0.25, -0.2) is 4.98 Å². The summed E-state index contributed by atoms with van der Waals surface area (Å²) in [6, 6.07) is 14.1. The summed E-state index contributed by atoms with van der Waals surface area (Å²) in [5.74, 6) is 1.03. The summed E-state index contributed by atoms with van der Waals surface area (Å²) in [4.78, 5) is 6.75. The van der Waals surface area contributed by atoms with Crippen molar-refractivity contribution < 1.29 is 4.74 Å². The molecule has 0 saturated carbocycles. The van der Waals surface area contributed by atoms with Crippen LogP contribution in [0.2, 0.25) is 0 Å². The van der Waals surface area contributed by atoms with Gasteiger partial charge in [0.05, 0.1) is 12.8 Å². The summed E-state index contributed by atoms with van der Waals surface area (Å²) in [7, 11) is 3.46. The third-order valence-corrected chi connectivity index (χ3v) is 5.32. The second-order valence-corrected chi connectivity index (χ2v) is 6.99. The number of benzene rings is 1. The molecule has 0 unspecified atom stereocenters. The van der Waals surface area contributed by atoms with Gasteiger partial charge in [-0.05, 0) is 18.2 Å². The number of nitriles is 2. The topological polar surface area (TPSA) is 104 Å². The lowest BCUT2D eigenvalue weighted by atomic mass is 9.92. The number of aromatic nitrogens is 2. The van der Waals surface area contributed by atoms with E-state index >= 15 is 0 Å². The van der Waals surface area contributed by atoms with Gasteiger partial charge >= 0.3 is 0 Å². The molecule has 0 bridgehead atoms. The average Bonchev–Trinajstić information content (AvgIpc) is 3.12. The van der Waals surface area contributed by atoms with Crippen LogP contribution >= 0.6 is 0 Å². The molecule has 0 fully saturated rings. The fourth-order valence-corrected chi connectivity index (χ4v) is 3.85. The van der Waals surface area contributed by atoms with Gasteiger partial charge in [-0.2, -0.15) is 10.5 Å². The molecule has 0 spiro atoms. The molecule has 0 atom stereocenters. The molecule has 1 aliphatic rings. The number of rotatable bonds is 3. The molecule has 4 rings (SSSR count). The zero-order chi connectivity index (χ0) is 20.5. The molecule has 0 aliphatic carbocycles. The average molecular weight is 384 g/mol. The van der Waals surface area contributed by atoms with Gasteiger partial charge < -0.3 is 19.9 Å². The van der Waals surface area contributed by atoms with Crippen LogP contribution in [0, 0.1) is 22.7 Å². The maximum atomic E-state index is 9.77. The minimum atomic E-state index is 0.235. The normalized spacial score (nSPS) is 12.8. The highest BCUT2D eigenvalue weighted by atomic mass is 16.5. The van der Waals surface area contributed by atoms with E-state index in [1.165, 1.54) is 0 Å². The second-order valence-electron chi connectivity index (χ2n) is 6.99. The fraction of sp³-hybridized carbons (Fsp3) is 0.227. The summed E-state index contributed by atoms with van der Waals surface area (Å²) in [6.07, 6.45) is 2.58. The lowest BCUT2D eigenvalue weighted by Gasteiger charge is -2.32. The van der Waals surface area contributed by atoms with Gasteiger partial charge in [0.2, 0.25) is 0 Å². The molecule has 2 N–H and O–H groups in total. The molecule has 7 heteroatoms. The molecular formula is C22H20N6O. The van der Waals surface area contributed by atoms with Crippen molar-refractivity contribution in [3.63, 3.8) is 0 Å². The number of pyridine rings is 1. The Balaban J connectivity index is 1.86. The van der Waals surface area contributed by atoms with Crippen molar-refractivity contribution in [3.05, 3.63) is 59.0 Å². The van der Waals surface area contributed by atoms with Gasteiger partial charge in [-0.3, -0.25) is 0 Å². The number of hydrogen-bond acceptors (Lipinski definition) is 6. The van der Waals surface area contributed by atoms with Crippen LogP contribution in [0.4, 0.5) is 11.5 Å². The zero-order valence-corrected chi connectivity index (χ0v) is 16.3. The Morgan fingerprint density at radius 3 is 2.72 bits per heavy atom. The maximum absolute atomic E-state index is 9.77. The molecule has 7 nitrogen and oxygen atoms in total. The van der Waals surface area contributed by atoms with Crippen LogP contribution in [-0.4, -0.2) is 23.2 Å². The Hall–Kier alpha value is -3.97. The summed E-state index contributed by atoms with van der Waals surface area (Å²) >= 11 is 0. The zero-order valence-electron chi connectivity index (χ0n) is 16.3. The van der Waals surface area contributed by atoms with Crippen molar-refractivity contribution >= 4 is 11.5 Å². The van der Waals surface area contributed by atoms with Crippen molar-refractivity contribution in [1.82, 2.24) is 9.55 Å². The summed E-state index contributed by atoms with van der Waals surface area (Å²) < 4.78 is 7.11. The molecule has 1 aliphatic heterocycles. The SMILES string of the molecule is COc1cccc(N2CCc3nc(N)c(C#N)c(-c4cc(C#N)n(C)c4)c3C2)c1. The van der Waals surface area contributed by atoms with Crippen LogP contribution in [0.25, 0.3) is 11.1 Å². The van der Waals surface area contributed by atoms with Crippen molar-refractivity contribution in [2.75, 3.05) is 24.3 Å². The number of ether oxygens (including phenoxy) is 1. The lowest BCUT2D eigenvalue weighted by Crippen LogP contribution is -2.32. The molecule has 0 saturated heterocycles. The molecule has 3 heterocycles. The molecule has 144 valence electrons. The highest BCUT2D eigenvalue weighted by Gasteiger charge is 2.26. The second kappa shape index (κ2) is 7.21.